The number of carbonyl (C=O) groups excluding carboxylic acids is 1. The van der Waals surface area contributed by atoms with Crippen LogP contribution in [0.2, 0.25) is 0 Å². The maximum Gasteiger partial charge on any atom is 1.00 e. The average molecular weight is 468 g/mol. The molecule has 0 radical (unpaired) electrons. The van der Waals surface area contributed by atoms with Gasteiger partial charge in [0.1, 0.15) is 0 Å². The molecule has 1 aromatic carbocycles. The van der Waals surface area contributed by atoms with Crippen molar-refractivity contribution in [2.45, 2.75) is 50.0 Å². The van der Waals surface area contributed by atoms with E-state index in [9.17, 15) is 13.2 Å². The van der Waals surface area contributed by atoms with E-state index < -0.39 is 16.1 Å². The predicted octanol–water partition coefficient (Wildman–Crippen LogP) is -0.613. The van der Waals surface area contributed by atoms with E-state index in [1.54, 1.807) is 0 Å². The van der Waals surface area contributed by atoms with E-state index in [1.165, 1.54) is 22.0 Å². The van der Waals surface area contributed by atoms with Gasteiger partial charge in [0.25, 0.3) is 0 Å². The average Bonchev–Trinajstić information content (AvgIpc) is 3.46. The summed E-state index contributed by atoms with van der Waals surface area (Å²) in [5.74, 6) is 0.334. The van der Waals surface area contributed by atoms with E-state index in [2.05, 4.69) is 26.5 Å². The molecule has 166 valence electrons. The van der Waals surface area contributed by atoms with Crippen LogP contribution in [0.3, 0.4) is 0 Å². The maximum absolute atomic E-state index is 12.9. The van der Waals surface area contributed by atoms with Gasteiger partial charge in [0.05, 0.1) is 19.3 Å². The fraction of sp³-hybridized carbons (Fsp3) is 0.524. The van der Waals surface area contributed by atoms with Gasteiger partial charge in [0, 0.05) is 12.5 Å². The molecule has 1 unspecified atom stereocenters. The summed E-state index contributed by atoms with van der Waals surface area (Å²) in [6, 6.07) is 1.38. The molecule has 2 N–H and O–H groups in total. The van der Waals surface area contributed by atoms with E-state index in [4.69, 9.17) is 4.74 Å². The summed E-state index contributed by atoms with van der Waals surface area (Å²) in [4.78, 5) is 12.5. The van der Waals surface area contributed by atoms with Crippen LogP contribution >= 0.6 is 0 Å². The number of rotatable bonds is 5. The molecule has 3 aliphatic rings. The second-order valence-corrected chi connectivity index (χ2v) is 10.0. The Hall–Kier alpha value is -1.59. The molecule has 2 heterocycles. The summed E-state index contributed by atoms with van der Waals surface area (Å²) in [5, 5.41) is 10.0. The number of hydrogen-bond acceptors (Lipinski definition) is 6. The fourth-order valence-corrected chi connectivity index (χ4v) is 5.90. The number of ether oxygens (including phenoxy) is 1. The standard InChI is InChI=1S/C21H27N5O4S.Na/c1-22-9-13-11-26-20(30-12-13)18(10-23-26)31(28,29)25-21(27)24-19-16-6-2-4-14(16)8-15-5-3-7-17(15)19;/h8,10,13,22H,2-7,9,11-12H2,1H3,(H2,24,25,27);/q;+1/p-1. The van der Waals surface area contributed by atoms with Crippen molar-refractivity contribution in [3.8, 4) is 5.88 Å². The number of benzene rings is 1. The number of carbonyl (C=O) groups is 1. The van der Waals surface area contributed by atoms with Gasteiger partial charge >= 0.3 is 29.6 Å². The Kier molecular flexibility index (Phi) is 6.88. The van der Waals surface area contributed by atoms with Gasteiger partial charge in [-0.1, -0.05) is 6.07 Å². The van der Waals surface area contributed by atoms with Crippen molar-refractivity contribution < 1.29 is 47.5 Å². The smallest absolute Gasteiger partial charge is 0.476 e. The van der Waals surface area contributed by atoms with Crippen LogP contribution < -0.4 is 44.9 Å². The minimum atomic E-state index is -4.25. The van der Waals surface area contributed by atoms with Crippen LogP contribution in [-0.4, -0.2) is 44.4 Å². The number of anilines is 1. The van der Waals surface area contributed by atoms with E-state index >= 15 is 0 Å². The van der Waals surface area contributed by atoms with Crippen LogP contribution in [0.1, 0.15) is 35.1 Å². The summed E-state index contributed by atoms with van der Waals surface area (Å²) in [6.07, 6.45) is 7.08. The van der Waals surface area contributed by atoms with Gasteiger partial charge in [-0.25, -0.2) is 13.1 Å². The molecule has 2 aromatic rings. The minimum Gasteiger partial charge on any atom is -0.476 e. The normalized spacial score (nSPS) is 18.7. The van der Waals surface area contributed by atoms with Crippen molar-refractivity contribution in [3.63, 3.8) is 0 Å². The number of nitrogens with zero attached hydrogens (tertiary/aromatic N) is 3. The Bertz CT molecular complexity index is 1120. The molecule has 2 aliphatic carbocycles. The molecule has 1 aromatic heterocycles. The molecule has 0 fully saturated rings. The third-order valence-electron chi connectivity index (χ3n) is 6.33. The Balaban J connectivity index is 0.00000245. The van der Waals surface area contributed by atoms with Gasteiger partial charge in [-0.15, -0.1) is 0 Å². The van der Waals surface area contributed by atoms with Crippen molar-refractivity contribution >= 4 is 21.7 Å². The van der Waals surface area contributed by atoms with Gasteiger partial charge in [-0.05, 0) is 73.5 Å². The summed E-state index contributed by atoms with van der Waals surface area (Å²) in [5.41, 5.74) is 5.55. The Morgan fingerprint density at radius 3 is 2.56 bits per heavy atom. The molecule has 9 nitrogen and oxygen atoms in total. The summed E-state index contributed by atoms with van der Waals surface area (Å²) in [6.45, 7) is 1.66. The predicted molar refractivity (Wildman–Crippen MR) is 115 cm³/mol. The van der Waals surface area contributed by atoms with Gasteiger partial charge in [-0.3, -0.25) is 4.79 Å². The van der Waals surface area contributed by atoms with Gasteiger partial charge in [-0.2, -0.15) is 5.10 Å². The summed E-state index contributed by atoms with van der Waals surface area (Å²) in [7, 11) is -2.40. The van der Waals surface area contributed by atoms with E-state index in [0.29, 0.717) is 13.2 Å². The molecule has 11 heteroatoms. The third kappa shape index (κ3) is 4.31. The Labute approximate surface area is 210 Å². The molecule has 2 amide bonds. The molecular formula is C21H26N5NaO4S. The van der Waals surface area contributed by atoms with Crippen molar-refractivity contribution in [1.29, 1.82) is 0 Å². The van der Waals surface area contributed by atoms with E-state index in [-0.39, 0.29) is 46.3 Å². The van der Waals surface area contributed by atoms with Crippen LogP contribution in [0.15, 0.2) is 17.2 Å². The number of amides is 2. The zero-order chi connectivity index (χ0) is 21.6. The Morgan fingerprint density at radius 2 is 1.91 bits per heavy atom. The number of aromatic nitrogens is 2. The molecule has 1 aliphatic heterocycles. The van der Waals surface area contributed by atoms with Crippen molar-refractivity contribution in [2.24, 2.45) is 5.92 Å². The second kappa shape index (κ2) is 9.34. The number of sulfonamides is 1. The minimum absolute atomic E-state index is 0. The molecule has 0 bridgehead atoms. The van der Waals surface area contributed by atoms with Crippen LogP contribution in [0.4, 0.5) is 10.5 Å². The van der Waals surface area contributed by atoms with E-state index in [1.807, 2.05) is 7.05 Å². The number of fused-ring (bicyclic) bond motifs is 3. The zero-order valence-electron chi connectivity index (χ0n) is 18.5. The first-order valence-electron chi connectivity index (χ1n) is 10.7. The number of nitrogens with one attached hydrogen (secondary N) is 2. The summed E-state index contributed by atoms with van der Waals surface area (Å²) < 4.78 is 36.4. The molecule has 0 saturated carbocycles. The molecule has 5 rings (SSSR count). The third-order valence-corrected chi connectivity index (χ3v) is 7.57. The topological polar surface area (TPSA) is 116 Å². The zero-order valence-corrected chi connectivity index (χ0v) is 21.3. The number of aryl methyl sites for hydroxylation is 2. The molecule has 32 heavy (non-hydrogen) atoms. The SMILES string of the molecule is CNCC1COc2c(S(=O)(=O)[N-]C(=O)Nc3c4c(cc5c3CCC5)CCC4)cnn2C1.[Na+]. The summed E-state index contributed by atoms with van der Waals surface area (Å²) >= 11 is 0. The quantitative estimate of drug-likeness (QED) is 0.567. The number of urea groups is 1. The molecular weight excluding hydrogens is 441 g/mol. The largest absolute Gasteiger partial charge is 1.00 e. The number of hydrogen-bond donors (Lipinski definition) is 2. The first kappa shape index (κ1) is 23.6. The monoisotopic (exact) mass is 467 g/mol. The van der Waals surface area contributed by atoms with Crippen LogP contribution in [-0.2, 0) is 42.3 Å². The van der Waals surface area contributed by atoms with Gasteiger partial charge in [0.2, 0.25) is 15.9 Å². The first-order valence-corrected chi connectivity index (χ1v) is 12.2. The molecule has 0 saturated heterocycles. The van der Waals surface area contributed by atoms with Crippen molar-refractivity contribution in [3.05, 3.63) is 39.2 Å². The first-order chi connectivity index (χ1) is 15.0. The van der Waals surface area contributed by atoms with Crippen molar-refractivity contribution in [2.75, 3.05) is 25.5 Å². The molecule has 1 atom stereocenters. The fourth-order valence-electron chi connectivity index (χ4n) is 4.97. The van der Waals surface area contributed by atoms with Gasteiger partial charge < -0.3 is 20.1 Å². The Morgan fingerprint density at radius 1 is 1.22 bits per heavy atom. The second-order valence-electron chi connectivity index (χ2n) is 8.46. The van der Waals surface area contributed by atoms with Crippen LogP contribution in [0.5, 0.6) is 5.88 Å². The van der Waals surface area contributed by atoms with Crippen molar-refractivity contribution in [1.82, 2.24) is 15.1 Å². The van der Waals surface area contributed by atoms with Gasteiger partial charge in [0.15, 0.2) is 10.9 Å². The molecule has 0 spiro atoms. The van der Waals surface area contributed by atoms with E-state index in [0.717, 1.165) is 61.9 Å². The van der Waals surface area contributed by atoms with Crippen LogP contribution in [0, 0.1) is 5.92 Å². The van der Waals surface area contributed by atoms with Crippen LogP contribution in [0.25, 0.3) is 4.72 Å². The maximum atomic E-state index is 12.9.